The molecular weight excluding hydrogens is 195 g/mol. The van der Waals surface area contributed by atoms with Gasteiger partial charge in [0.1, 0.15) is 5.83 Å². The lowest BCUT2D eigenvalue weighted by atomic mass is 10.1. The zero-order valence-corrected chi connectivity index (χ0v) is 6.24. The van der Waals surface area contributed by atoms with Gasteiger partial charge in [0, 0.05) is 0 Å². The van der Waals surface area contributed by atoms with E-state index in [0.717, 1.165) is 12.2 Å². The van der Waals surface area contributed by atoms with E-state index in [4.69, 9.17) is 0 Å². The summed E-state index contributed by atoms with van der Waals surface area (Å²) >= 11 is 0. The molecule has 0 bridgehead atoms. The third-order valence-corrected chi connectivity index (χ3v) is 1.32. The first-order valence-corrected chi connectivity index (χ1v) is 3.30. The molecule has 1 rings (SSSR count). The molecule has 0 heterocycles. The molecule has 0 aromatic heterocycles. The second-order valence-corrected chi connectivity index (χ2v) is 2.48. The second kappa shape index (κ2) is 3.10. The molecule has 0 saturated heterocycles. The van der Waals surface area contributed by atoms with Gasteiger partial charge >= 0.3 is 6.36 Å². The van der Waals surface area contributed by atoms with Crippen LogP contribution in [0.25, 0.3) is 0 Å². The van der Waals surface area contributed by atoms with Crippen LogP contribution < -0.4 is 0 Å². The highest BCUT2D eigenvalue weighted by Gasteiger charge is 2.43. The van der Waals surface area contributed by atoms with Gasteiger partial charge in [0.25, 0.3) is 0 Å². The van der Waals surface area contributed by atoms with E-state index in [1.54, 1.807) is 0 Å². The van der Waals surface area contributed by atoms with Gasteiger partial charge in [-0.2, -0.15) is 0 Å². The highest BCUT2D eigenvalue weighted by Crippen LogP contribution is 2.34. The number of hydrogen-bond acceptors (Lipinski definition) is 1. The van der Waals surface area contributed by atoms with Crippen LogP contribution in [0.15, 0.2) is 24.1 Å². The van der Waals surface area contributed by atoms with Crippen LogP contribution >= 0.6 is 0 Å². The quantitative estimate of drug-likeness (QED) is 0.591. The van der Waals surface area contributed by atoms with Crippen molar-refractivity contribution < 1.29 is 26.7 Å². The zero-order valence-electron chi connectivity index (χ0n) is 6.24. The molecular formula is C7H5F5O. The Morgan fingerprint density at radius 1 is 1.38 bits per heavy atom. The standard InChI is InChI=1S/C7H5F5O/c8-5-2-1-3-6(9,4-5)13-7(10,11)12/h1-3H,4H2. The summed E-state index contributed by atoms with van der Waals surface area (Å²) in [6.07, 6.45) is -3.94. The Kier molecular flexibility index (Phi) is 2.42. The maximum atomic E-state index is 13.0. The minimum atomic E-state index is -5.11. The molecule has 0 fully saturated rings. The molecule has 1 unspecified atom stereocenters. The van der Waals surface area contributed by atoms with Crippen molar-refractivity contribution in [1.82, 2.24) is 0 Å². The summed E-state index contributed by atoms with van der Waals surface area (Å²) in [6, 6.07) is 0. The first kappa shape index (κ1) is 10.2. The van der Waals surface area contributed by atoms with Gasteiger partial charge in [0.15, 0.2) is 0 Å². The van der Waals surface area contributed by atoms with Gasteiger partial charge in [-0.3, -0.25) is 4.74 Å². The molecule has 74 valence electrons. The number of alkyl halides is 4. The molecule has 1 nitrogen and oxygen atoms in total. The molecule has 0 N–H and O–H groups in total. The van der Waals surface area contributed by atoms with Gasteiger partial charge in [-0.05, 0) is 12.2 Å². The van der Waals surface area contributed by atoms with E-state index >= 15 is 0 Å². The Morgan fingerprint density at radius 3 is 2.46 bits per heavy atom. The first-order valence-electron chi connectivity index (χ1n) is 3.30. The van der Waals surface area contributed by atoms with Gasteiger partial charge in [0.05, 0.1) is 6.42 Å². The van der Waals surface area contributed by atoms with Crippen LogP contribution in [0.2, 0.25) is 0 Å². The van der Waals surface area contributed by atoms with Gasteiger partial charge in [-0.15, -0.1) is 13.2 Å². The number of allylic oxidation sites excluding steroid dienone is 2. The molecule has 0 aromatic carbocycles. The Morgan fingerprint density at radius 2 is 2.00 bits per heavy atom. The van der Waals surface area contributed by atoms with E-state index in [1.807, 2.05) is 0 Å². The molecule has 0 spiro atoms. The number of hydrogen-bond donors (Lipinski definition) is 0. The Labute approximate surface area is 70.5 Å². The van der Waals surface area contributed by atoms with E-state index in [0.29, 0.717) is 6.08 Å². The van der Waals surface area contributed by atoms with E-state index in [2.05, 4.69) is 4.74 Å². The Hall–Kier alpha value is -0.910. The van der Waals surface area contributed by atoms with E-state index in [1.165, 1.54) is 0 Å². The molecule has 0 radical (unpaired) electrons. The van der Waals surface area contributed by atoms with Crippen LogP contribution in [0.5, 0.6) is 0 Å². The SMILES string of the molecule is FC1=CC=CC(F)(OC(F)(F)F)C1. The van der Waals surface area contributed by atoms with Crippen LogP contribution in [0.4, 0.5) is 22.0 Å². The Bertz CT molecular complexity index is 254. The summed E-state index contributed by atoms with van der Waals surface area (Å²) in [5.74, 6) is -4.11. The molecule has 1 atom stereocenters. The summed E-state index contributed by atoms with van der Waals surface area (Å²) in [6.45, 7) is 0. The summed E-state index contributed by atoms with van der Waals surface area (Å²) in [5.41, 5.74) is 0. The lowest BCUT2D eigenvalue weighted by Gasteiger charge is -2.24. The van der Waals surface area contributed by atoms with Gasteiger partial charge < -0.3 is 0 Å². The van der Waals surface area contributed by atoms with Gasteiger partial charge in [0.2, 0.25) is 5.85 Å². The fourth-order valence-electron chi connectivity index (χ4n) is 0.907. The van der Waals surface area contributed by atoms with Crippen LogP contribution in [0.3, 0.4) is 0 Å². The second-order valence-electron chi connectivity index (χ2n) is 2.48. The van der Waals surface area contributed by atoms with Crippen LogP contribution in [0.1, 0.15) is 6.42 Å². The van der Waals surface area contributed by atoms with Crippen molar-refractivity contribution in [2.24, 2.45) is 0 Å². The van der Waals surface area contributed by atoms with Crippen molar-refractivity contribution in [1.29, 1.82) is 0 Å². The third-order valence-electron chi connectivity index (χ3n) is 1.32. The molecule has 0 saturated carbocycles. The van der Waals surface area contributed by atoms with Crippen LogP contribution in [0, 0.1) is 0 Å². The largest absolute Gasteiger partial charge is 0.525 e. The number of halogens is 5. The lowest BCUT2D eigenvalue weighted by molar-refractivity contribution is -0.381. The molecule has 6 heteroatoms. The first-order chi connectivity index (χ1) is 5.81. The maximum Gasteiger partial charge on any atom is 0.525 e. The van der Waals surface area contributed by atoms with Crippen molar-refractivity contribution >= 4 is 0 Å². The van der Waals surface area contributed by atoms with Crippen molar-refractivity contribution in [2.75, 3.05) is 0 Å². The summed E-state index contributed by atoms with van der Waals surface area (Å²) < 4.78 is 63.2. The fourth-order valence-corrected chi connectivity index (χ4v) is 0.907. The Balaban J connectivity index is 2.69. The molecule has 1 aliphatic rings. The molecule has 1 aliphatic carbocycles. The summed E-state index contributed by atoms with van der Waals surface area (Å²) in [4.78, 5) is 0. The topological polar surface area (TPSA) is 9.23 Å². The normalized spacial score (nSPS) is 28.8. The minimum absolute atomic E-state index is 0.517. The maximum absolute atomic E-state index is 13.0. The predicted molar refractivity (Wildman–Crippen MR) is 33.9 cm³/mol. The van der Waals surface area contributed by atoms with Crippen molar-refractivity contribution in [3.05, 3.63) is 24.1 Å². The van der Waals surface area contributed by atoms with Gasteiger partial charge in [-0.25, -0.2) is 8.78 Å². The number of ether oxygens (including phenoxy) is 1. The fraction of sp³-hybridized carbons (Fsp3) is 0.429. The van der Waals surface area contributed by atoms with Crippen LogP contribution in [-0.4, -0.2) is 12.2 Å². The van der Waals surface area contributed by atoms with Crippen molar-refractivity contribution in [3.8, 4) is 0 Å². The van der Waals surface area contributed by atoms with Gasteiger partial charge in [-0.1, -0.05) is 6.08 Å². The molecule has 0 aromatic rings. The minimum Gasteiger partial charge on any atom is -0.250 e. The predicted octanol–water partition coefficient (Wildman–Crippen LogP) is 3.00. The molecule has 13 heavy (non-hydrogen) atoms. The van der Waals surface area contributed by atoms with Crippen LogP contribution in [-0.2, 0) is 4.74 Å². The molecule has 0 amide bonds. The van der Waals surface area contributed by atoms with Crippen molar-refractivity contribution in [3.63, 3.8) is 0 Å². The summed E-state index contributed by atoms with van der Waals surface area (Å²) in [7, 11) is 0. The third kappa shape index (κ3) is 3.14. The average molecular weight is 200 g/mol. The van der Waals surface area contributed by atoms with E-state index in [-0.39, 0.29) is 0 Å². The number of rotatable bonds is 1. The molecule has 0 aliphatic heterocycles. The van der Waals surface area contributed by atoms with E-state index in [9.17, 15) is 22.0 Å². The lowest BCUT2D eigenvalue weighted by Crippen LogP contribution is -2.33. The van der Waals surface area contributed by atoms with Crippen molar-refractivity contribution in [2.45, 2.75) is 18.6 Å². The zero-order chi connectivity index (χ0) is 10.1. The van der Waals surface area contributed by atoms with E-state index < -0.39 is 24.5 Å². The highest BCUT2D eigenvalue weighted by atomic mass is 19.4. The summed E-state index contributed by atoms with van der Waals surface area (Å²) in [5, 5.41) is 0. The average Bonchev–Trinajstić information content (AvgIpc) is 1.79. The monoisotopic (exact) mass is 200 g/mol. The highest BCUT2D eigenvalue weighted by molar-refractivity contribution is 5.19. The smallest absolute Gasteiger partial charge is 0.250 e.